The Morgan fingerprint density at radius 3 is 2.45 bits per heavy atom. The van der Waals surface area contributed by atoms with Gasteiger partial charge in [0.15, 0.2) is 0 Å². The van der Waals surface area contributed by atoms with Crippen LogP contribution in [0.5, 0.6) is 0 Å². The predicted molar refractivity (Wildman–Crippen MR) is 74.7 cm³/mol. The molecule has 3 N–H and O–H groups in total. The molecule has 0 saturated carbocycles. The molecule has 0 radical (unpaired) electrons. The molecule has 112 valence electrons. The molecule has 0 aliphatic heterocycles. The Balaban J connectivity index is 2.79. The number of nitrogens with zero attached hydrogens (tertiary/aromatic N) is 1. The number of H-pyrrole nitrogens is 2. The van der Waals surface area contributed by atoms with E-state index in [0.717, 1.165) is 0 Å². The molecule has 1 heterocycles. The predicted octanol–water partition coefficient (Wildman–Crippen LogP) is -0.466. The van der Waals surface area contributed by atoms with Gasteiger partial charge in [0, 0.05) is 30.3 Å². The molecule has 1 rings (SSSR count). The molecule has 20 heavy (non-hydrogen) atoms. The van der Waals surface area contributed by atoms with E-state index in [0.29, 0.717) is 11.3 Å². The number of aliphatic hydroxyl groups is 1. The van der Waals surface area contributed by atoms with E-state index in [1.165, 1.54) is 0 Å². The highest BCUT2D eigenvalue weighted by atomic mass is 16.3. The number of hydrogen-bond acceptors (Lipinski definition) is 4. The summed E-state index contributed by atoms with van der Waals surface area (Å²) in [6.45, 7) is 5.54. The van der Waals surface area contributed by atoms with Crippen molar-refractivity contribution in [3.05, 3.63) is 32.1 Å². The summed E-state index contributed by atoms with van der Waals surface area (Å²) in [5, 5.41) is 8.95. The van der Waals surface area contributed by atoms with Crippen molar-refractivity contribution >= 4 is 5.91 Å². The number of rotatable bonds is 6. The van der Waals surface area contributed by atoms with Crippen molar-refractivity contribution in [2.45, 2.75) is 39.7 Å². The standard InChI is InChI=1S/C13H21N3O4/c1-8(2)16(6-7-17)11(18)5-4-10-9(3)14-13(20)15-12(10)19/h8,17H,4-7H2,1-3H3,(H2,14,15,19,20). The van der Waals surface area contributed by atoms with E-state index in [1.807, 2.05) is 13.8 Å². The Labute approximate surface area is 116 Å². The summed E-state index contributed by atoms with van der Waals surface area (Å²) in [6.07, 6.45) is 0.416. The van der Waals surface area contributed by atoms with Gasteiger partial charge in [-0.05, 0) is 27.2 Å². The van der Waals surface area contributed by atoms with E-state index in [4.69, 9.17) is 5.11 Å². The van der Waals surface area contributed by atoms with Crippen LogP contribution in [0.25, 0.3) is 0 Å². The number of amides is 1. The zero-order chi connectivity index (χ0) is 15.3. The van der Waals surface area contributed by atoms with Crippen molar-refractivity contribution in [1.82, 2.24) is 14.9 Å². The van der Waals surface area contributed by atoms with Crippen LogP contribution in [-0.2, 0) is 11.2 Å². The lowest BCUT2D eigenvalue weighted by Crippen LogP contribution is -2.39. The van der Waals surface area contributed by atoms with Crippen LogP contribution < -0.4 is 11.2 Å². The molecule has 0 aliphatic rings. The lowest BCUT2D eigenvalue weighted by Gasteiger charge is -2.26. The maximum absolute atomic E-state index is 12.1. The molecular weight excluding hydrogens is 262 g/mol. The molecule has 0 aromatic carbocycles. The average molecular weight is 283 g/mol. The van der Waals surface area contributed by atoms with Crippen molar-refractivity contribution in [3.8, 4) is 0 Å². The minimum Gasteiger partial charge on any atom is -0.395 e. The molecule has 1 amide bonds. The molecule has 0 aliphatic carbocycles. The summed E-state index contributed by atoms with van der Waals surface area (Å²) in [5.41, 5.74) is -0.126. The highest BCUT2D eigenvalue weighted by molar-refractivity contribution is 5.76. The number of hydrogen-bond donors (Lipinski definition) is 3. The number of carbonyl (C=O) groups excluding carboxylic acids is 1. The summed E-state index contributed by atoms with van der Waals surface area (Å²) in [7, 11) is 0. The van der Waals surface area contributed by atoms with Crippen molar-refractivity contribution in [2.75, 3.05) is 13.2 Å². The SMILES string of the molecule is Cc1[nH]c(=O)[nH]c(=O)c1CCC(=O)N(CCO)C(C)C. The molecule has 0 spiro atoms. The van der Waals surface area contributed by atoms with Gasteiger partial charge in [-0.2, -0.15) is 0 Å². The third kappa shape index (κ3) is 4.06. The maximum atomic E-state index is 12.1. The van der Waals surface area contributed by atoms with Gasteiger partial charge >= 0.3 is 5.69 Å². The number of aryl methyl sites for hydroxylation is 1. The van der Waals surface area contributed by atoms with Crippen molar-refractivity contribution < 1.29 is 9.90 Å². The van der Waals surface area contributed by atoms with Gasteiger partial charge in [-0.25, -0.2) is 4.79 Å². The van der Waals surface area contributed by atoms with Crippen molar-refractivity contribution in [1.29, 1.82) is 0 Å². The van der Waals surface area contributed by atoms with E-state index in [2.05, 4.69) is 9.97 Å². The number of aromatic nitrogens is 2. The highest BCUT2D eigenvalue weighted by Crippen LogP contribution is 2.06. The van der Waals surface area contributed by atoms with Gasteiger partial charge in [-0.3, -0.25) is 14.6 Å². The molecule has 7 nitrogen and oxygen atoms in total. The molecule has 0 bridgehead atoms. The molecule has 7 heteroatoms. The number of nitrogens with one attached hydrogen (secondary N) is 2. The lowest BCUT2D eigenvalue weighted by molar-refractivity contribution is -0.133. The Kier molecular flexibility index (Phi) is 5.69. The van der Waals surface area contributed by atoms with E-state index in [9.17, 15) is 14.4 Å². The fraction of sp³-hybridized carbons (Fsp3) is 0.615. The second-order valence-corrected chi connectivity index (χ2v) is 4.92. The lowest BCUT2D eigenvalue weighted by atomic mass is 10.1. The first-order chi connectivity index (χ1) is 9.36. The second-order valence-electron chi connectivity index (χ2n) is 4.92. The van der Waals surface area contributed by atoms with Gasteiger partial charge in [0.05, 0.1) is 6.61 Å². The second kappa shape index (κ2) is 7.04. The topological polar surface area (TPSA) is 106 Å². The monoisotopic (exact) mass is 283 g/mol. The van der Waals surface area contributed by atoms with Gasteiger partial charge in [0.25, 0.3) is 5.56 Å². The van der Waals surface area contributed by atoms with Crippen LogP contribution in [-0.4, -0.2) is 45.1 Å². The molecule has 0 atom stereocenters. The summed E-state index contributed by atoms with van der Waals surface area (Å²) in [4.78, 5) is 41.0. The first kappa shape index (κ1) is 16.2. The van der Waals surface area contributed by atoms with E-state index >= 15 is 0 Å². The fourth-order valence-electron chi connectivity index (χ4n) is 2.08. The Bertz CT molecular complexity index is 574. The van der Waals surface area contributed by atoms with E-state index < -0.39 is 11.2 Å². The molecule has 0 saturated heterocycles. The van der Waals surface area contributed by atoms with Crippen molar-refractivity contribution in [3.63, 3.8) is 0 Å². The zero-order valence-electron chi connectivity index (χ0n) is 12.0. The maximum Gasteiger partial charge on any atom is 0.325 e. The minimum absolute atomic E-state index is 0.00962. The molecule has 1 aromatic rings. The summed E-state index contributed by atoms with van der Waals surface area (Å²) >= 11 is 0. The Hall–Kier alpha value is -1.89. The molecule has 0 unspecified atom stereocenters. The van der Waals surface area contributed by atoms with Gasteiger partial charge in [0.1, 0.15) is 0 Å². The molecule has 1 aromatic heterocycles. The van der Waals surface area contributed by atoms with Gasteiger partial charge in [0.2, 0.25) is 5.91 Å². The van der Waals surface area contributed by atoms with Crippen LogP contribution in [0.2, 0.25) is 0 Å². The number of aromatic amines is 2. The summed E-state index contributed by atoms with van der Waals surface area (Å²) < 4.78 is 0. The zero-order valence-corrected chi connectivity index (χ0v) is 12.0. The van der Waals surface area contributed by atoms with Gasteiger partial charge in [-0.15, -0.1) is 0 Å². The van der Waals surface area contributed by atoms with Crippen LogP contribution in [0.4, 0.5) is 0 Å². The van der Waals surface area contributed by atoms with Crippen LogP contribution in [0.3, 0.4) is 0 Å². The van der Waals surface area contributed by atoms with Crippen LogP contribution in [0, 0.1) is 6.92 Å². The fourth-order valence-corrected chi connectivity index (χ4v) is 2.08. The first-order valence-corrected chi connectivity index (χ1v) is 6.59. The smallest absolute Gasteiger partial charge is 0.325 e. The Morgan fingerprint density at radius 1 is 1.30 bits per heavy atom. The van der Waals surface area contributed by atoms with Gasteiger partial charge < -0.3 is 15.0 Å². The number of carbonyl (C=O) groups is 1. The molecule has 0 fully saturated rings. The summed E-state index contributed by atoms with van der Waals surface area (Å²) in [5.74, 6) is -0.126. The van der Waals surface area contributed by atoms with E-state index in [-0.39, 0.29) is 37.9 Å². The largest absolute Gasteiger partial charge is 0.395 e. The summed E-state index contributed by atoms with van der Waals surface area (Å²) in [6, 6.07) is -0.00962. The third-order valence-corrected chi connectivity index (χ3v) is 3.13. The minimum atomic E-state index is -0.549. The van der Waals surface area contributed by atoms with Crippen LogP contribution >= 0.6 is 0 Å². The average Bonchev–Trinajstić information content (AvgIpc) is 2.33. The quantitative estimate of drug-likeness (QED) is 0.656. The first-order valence-electron chi connectivity index (χ1n) is 6.59. The third-order valence-electron chi connectivity index (χ3n) is 3.13. The van der Waals surface area contributed by atoms with Crippen LogP contribution in [0.1, 0.15) is 31.5 Å². The Morgan fingerprint density at radius 2 is 1.95 bits per heavy atom. The highest BCUT2D eigenvalue weighted by Gasteiger charge is 2.17. The molecular formula is C13H21N3O4. The normalized spacial score (nSPS) is 10.8. The number of aliphatic hydroxyl groups excluding tert-OH is 1. The van der Waals surface area contributed by atoms with Crippen LogP contribution in [0.15, 0.2) is 9.59 Å². The van der Waals surface area contributed by atoms with Gasteiger partial charge in [-0.1, -0.05) is 0 Å². The van der Waals surface area contributed by atoms with Crippen molar-refractivity contribution in [2.24, 2.45) is 0 Å². The van der Waals surface area contributed by atoms with E-state index in [1.54, 1.807) is 11.8 Å².